The van der Waals surface area contributed by atoms with E-state index in [2.05, 4.69) is 5.32 Å². The van der Waals surface area contributed by atoms with Crippen LogP contribution < -0.4 is 10.1 Å². The van der Waals surface area contributed by atoms with Crippen molar-refractivity contribution in [1.29, 1.82) is 0 Å². The lowest BCUT2D eigenvalue weighted by atomic mass is 10.1. The Labute approximate surface area is 179 Å². The fourth-order valence-electron chi connectivity index (χ4n) is 2.60. The first kappa shape index (κ1) is 20.6. The predicted octanol–water partition coefficient (Wildman–Crippen LogP) is 6.86. The Kier molecular flexibility index (Phi) is 6.89. The zero-order valence-corrected chi connectivity index (χ0v) is 17.8. The third kappa shape index (κ3) is 5.22. The second-order valence-electron chi connectivity index (χ2n) is 6.19. The van der Waals surface area contributed by atoms with Crippen LogP contribution in [-0.4, -0.2) is 13.0 Å². The maximum atomic E-state index is 12.7. The molecular weight excluding hydrogens is 413 g/mol. The molecule has 0 fully saturated rings. The number of carbonyl (C=O) groups excluding carboxylic acids is 1. The molecule has 144 valence electrons. The van der Waals surface area contributed by atoms with Crippen LogP contribution in [0.3, 0.4) is 0 Å². The monoisotopic (exact) mass is 431 g/mol. The molecule has 3 aromatic rings. The van der Waals surface area contributed by atoms with Gasteiger partial charge in [-0.05, 0) is 67.1 Å². The molecule has 0 radical (unpaired) electrons. The summed E-state index contributed by atoms with van der Waals surface area (Å²) in [5.41, 5.74) is 3.13. The van der Waals surface area contributed by atoms with Gasteiger partial charge in [0.1, 0.15) is 5.75 Å². The van der Waals surface area contributed by atoms with Crippen LogP contribution >= 0.6 is 35.0 Å². The molecule has 0 spiro atoms. The van der Waals surface area contributed by atoms with E-state index in [-0.39, 0.29) is 5.91 Å². The van der Waals surface area contributed by atoms with Crippen molar-refractivity contribution in [3.63, 3.8) is 0 Å². The van der Waals surface area contributed by atoms with E-state index in [9.17, 15) is 4.79 Å². The lowest BCUT2D eigenvalue weighted by Crippen LogP contribution is -2.12. The second kappa shape index (κ2) is 9.37. The van der Waals surface area contributed by atoms with Gasteiger partial charge in [-0.15, -0.1) is 11.8 Å². The third-order valence-electron chi connectivity index (χ3n) is 4.18. The number of hydrogen-bond donors (Lipinski definition) is 1. The third-order valence-corrected chi connectivity index (χ3v) is 5.90. The first-order valence-electron chi connectivity index (χ1n) is 8.59. The topological polar surface area (TPSA) is 38.3 Å². The Balaban J connectivity index is 1.76. The molecule has 3 nitrogen and oxygen atoms in total. The number of rotatable bonds is 6. The molecule has 0 bridgehead atoms. The minimum absolute atomic E-state index is 0.194. The van der Waals surface area contributed by atoms with Gasteiger partial charge in [-0.25, -0.2) is 0 Å². The van der Waals surface area contributed by atoms with Crippen LogP contribution in [0.1, 0.15) is 21.5 Å². The van der Waals surface area contributed by atoms with E-state index in [1.807, 2.05) is 55.5 Å². The van der Waals surface area contributed by atoms with Crippen molar-refractivity contribution in [2.24, 2.45) is 0 Å². The summed E-state index contributed by atoms with van der Waals surface area (Å²) >= 11 is 13.7. The van der Waals surface area contributed by atoms with E-state index in [4.69, 9.17) is 27.9 Å². The number of carbonyl (C=O) groups is 1. The summed E-state index contributed by atoms with van der Waals surface area (Å²) in [6, 6.07) is 18.5. The fourth-order valence-corrected chi connectivity index (χ4v) is 3.78. The minimum atomic E-state index is -0.194. The zero-order chi connectivity index (χ0) is 20.1. The van der Waals surface area contributed by atoms with Gasteiger partial charge in [0.15, 0.2) is 0 Å². The number of benzene rings is 3. The Morgan fingerprint density at radius 1 is 1.04 bits per heavy atom. The number of amides is 1. The summed E-state index contributed by atoms with van der Waals surface area (Å²) in [6.45, 7) is 1.92. The van der Waals surface area contributed by atoms with Gasteiger partial charge in [-0.3, -0.25) is 4.79 Å². The largest absolute Gasteiger partial charge is 0.496 e. The molecule has 6 heteroatoms. The van der Waals surface area contributed by atoms with Gasteiger partial charge in [-0.2, -0.15) is 0 Å². The highest BCUT2D eigenvalue weighted by Crippen LogP contribution is 2.30. The van der Waals surface area contributed by atoms with Gasteiger partial charge in [0.25, 0.3) is 5.91 Å². The summed E-state index contributed by atoms with van der Waals surface area (Å²) in [5, 5.41) is 4.21. The summed E-state index contributed by atoms with van der Waals surface area (Å²) in [4.78, 5) is 13.8. The summed E-state index contributed by atoms with van der Waals surface area (Å²) in [5.74, 6) is 1.22. The molecular formula is C22H19Cl2NO2S. The van der Waals surface area contributed by atoms with Crippen molar-refractivity contribution in [1.82, 2.24) is 0 Å². The second-order valence-corrected chi connectivity index (χ2v) is 8.08. The Hall–Kier alpha value is -2.14. The van der Waals surface area contributed by atoms with E-state index in [1.54, 1.807) is 31.0 Å². The average Bonchev–Trinajstić information content (AvgIpc) is 2.70. The summed E-state index contributed by atoms with van der Waals surface area (Å²) < 4.78 is 5.45. The molecule has 0 atom stereocenters. The Morgan fingerprint density at radius 3 is 2.46 bits per heavy atom. The molecule has 28 heavy (non-hydrogen) atoms. The lowest BCUT2D eigenvalue weighted by Gasteiger charge is -2.12. The van der Waals surface area contributed by atoms with E-state index >= 15 is 0 Å². The van der Waals surface area contributed by atoms with Gasteiger partial charge in [0, 0.05) is 37.5 Å². The number of hydrogen-bond acceptors (Lipinski definition) is 3. The predicted molar refractivity (Wildman–Crippen MR) is 118 cm³/mol. The molecule has 3 aromatic carbocycles. The molecule has 0 saturated heterocycles. The van der Waals surface area contributed by atoms with Gasteiger partial charge in [0.2, 0.25) is 0 Å². The van der Waals surface area contributed by atoms with Crippen LogP contribution in [0.15, 0.2) is 65.6 Å². The molecule has 1 N–H and O–H groups in total. The van der Waals surface area contributed by atoms with E-state index in [0.29, 0.717) is 27.0 Å². The van der Waals surface area contributed by atoms with Crippen LogP contribution in [0.2, 0.25) is 10.0 Å². The molecule has 0 unspecified atom stereocenters. The number of methoxy groups -OCH3 is 1. The van der Waals surface area contributed by atoms with Gasteiger partial charge in [0.05, 0.1) is 7.11 Å². The lowest BCUT2D eigenvalue weighted by molar-refractivity contribution is 0.102. The highest BCUT2D eigenvalue weighted by atomic mass is 35.5. The number of halogens is 2. The van der Waals surface area contributed by atoms with Crippen LogP contribution in [0.4, 0.5) is 5.69 Å². The molecule has 0 aliphatic rings. The van der Waals surface area contributed by atoms with E-state index in [0.717, 1.165) is 21.8 Å². The van der Waals surface area contributed by atoms with Crippen LogP contribution in [0.5, 0.6) is 5.75 Å². The molecule has 3 rings (SSSR count). The van der Waals surface area contributed by atoms with Crippen molar-refractivity contribution in [2.45, 2.75) is 17.6 Å². The SMILES string of the molecule is COc1ccc(C(=O)Nc2ccc(C)c(Cl)c2)cc1CSc1ccc(Cl)cc1. The first-order chi connectivity index (χ1) is 13.5. The highest BCUT2D eigenvalue weighted by molar-refractivity contribution is 7.98. The summed E-state index contributed by atoms with van der Waals surface area (Å²) in [7, 11) is 1.62. The number of aryl methyl sites for hydroxylation is 1. The van der Waals surface area contributed by atoms with Gasteiger partial charge < -0.3 is 10.1 Å². The van der Waals surface area contributed by atoms with E-state index in [1.165, 1.54) is 0 Å². The van der Waals surface area contributed by atoms with Crippen LogP contribution in [0.25, 0.3) is 0 Å². The van der Waals surface area contributed by atoms with Crippen molar-refractivity contribution < 1.29 is 9.53 Å². The zero-order valence-electron chi connectivity index (χ0n) is 15.5. The minimum Gasteiger partial charge on any atom is -0.496 e. The quantitative estimate of drug-likeness (QED) is 0.433. The molecule has 0 aliphatic heterocycles. The standard InChI is InChI=1S/C22H19Cl2NO2S/c1-14-3-7-18(12-20(14)24)25-22(26)15-4-10-21(27-2)16(11-15)13-28-19-8-5-17(23)6-9-19/h3-12H,13H2,1-2H3,(H,25,26). The Morgan fingerprint density at radius 2 is 1.79 bits per heavy atom. The fraction of sp³-hybridized carbons (Fsp3) is 0.136. The molecule has 0 aliphatic carbocycles. The van der Waals surface area contributed by atoms with Crippen LogP contribution in [-0.2, 0) is 5.75 Å². The highest BCUT2D eigenvalue weighted by Gasteiger charge is 2.12. The smallest absolute Gasteiger partial charge is 0.255 e. The normalized spacial score (nSPS) is 10.6. The first-order valence-corrected chi connectivity index (χ1v) is 10.3. The van der Waals surface area contributed by atoms with Crippen molar-refractivity contribution in [2.75, 3.05) is 12.4 Å². The van der Waals surface area contributed by atoms with Crippen LogP contribution in [0, 0.1) is 6.92 Å². The van der Waals surface area contributed by atoms with Crippen molar-refractivity contribution in [3.8, 4) is 5.75 Å². The van der Waals surface area contributed by atoms with Gasteiger partial charge >= 0.3 is 0 Å². The van der Waals surface area contributed by atoms with Gasteiger partial charge in [-0.1, -0.05) is 29.3 Å². The molecule has 1 amide bonds. The number of anilines is 1. The average molecular weight is 432 g/mol. The van der Waals surface area contributed by atoms with E-state index < -0.39 is 0 Å². The number of thioether (sulfide) groups is 1. The van der Waals surface area contributed by atoms with Crippen molar-refractivity contribution >= 4 is 46.6 Å². The number of nitrogens with one attached hydrogen (secondary N) is 1. The number of ether oxygens (including phenoxy) is 1. The Bertz CT molecular complexity index is 990. The maximum Gasteiger partial charge on any atom is 0.255 e. The molecule has 0 saturated carbocycles. The summed E-state index contributed by atoms with van der Waals surface area (Å²) in [6.07, 6.45) is 0. The maximum absolute atomic E-state index is 12.7. The molecule has 0 aromatic heterocycles. The van der Waals surface area contributed by atoms with Crippen molar-refractivity contribution in [3.05, 3.63) is 87.4 Å². The molecule has 0 heterocycles.